The Balaban J connectivity index is 2.25. The van der Waals surface area contributed by atoms with Gasteiger partial charge in [-0.2, -0.15) is 5.10 Å². The first-order valence-electron chi connectivity index (χ1n) is 6.57. The topological polar surface area (TPSA) is 93.5 Å². The van der Waals surface area contributed by atoms with Gasteiger partial charge in [-0.1, -0.05) is 35.5 Å². The first-order chi connectivity index (χ1) is 11.0. The van der Waals surface area contributed by atoms with Gasteiger partial charge in [0.1, 0.15) is 0 Å². The van der Waals surface area contributed by atoms with E-state index in [-0.39, 0.29) is 10.8 Å². The molecule has 0 saturated heterocycles. The van der Waals surface area contributed by atoms with Gasteiger partial charge in [-0.15, -0.1) is 0 Å². The van der Waals surface area contributed by atoms with Gasteiger partial charge in [0.2, 0.25) is 0 Å². The van der Waals surface area contributed by atoms with Gasteiger partial charge in [-0.05, 0) is 37.3 Å². The molecule has 0 atom stereocenters. The average molecular weight is 346 g/mol. The Morgan fingerprint density at radius 2 is 2.04 bits per heavy atom. The Bertz CT molecular complexity index is 761. The van der Waals surface area contributed by atoms with Crippen LogP contribution in [0.2, 0.25) is 0 Å². The quantitative estimate of drug-likeness (QED) is 0.374. The second-order valence-electron chi connectivity index (χ2n) is 4.63. The van der Waals surface area contributed by atoms with Crippen LogP contribution in [0.15, 0.2) is 57.4 Å². The van der Waals surface area contributed by atoms with Crippen LogP contribution in [-0.2, 0) is 0 Å². The van der Waals surface area contributed by atoms with Crippen LogP contribution >= 0.6 is 24.0 Å². The molecule has 23 heavy (non-hydrogen) atoms. The van der Waals surface area contributed by atoms with E-state index < -0.39 is 4.92 Å². The fourth-order valence-corrected chi connectivity index (χ4v) is 2.70. The van der Waals surface area contributed by atoms with Gasteiger partial charge in [-0.25, -0.2) is 0 Å². The first-order valence-corrected chi connectivity index (χ1v) is 7.79. The first kappa shape index (κ1) is 16.9. The minimum Gasteiger partial charge on any atom is -0.375 e. The lowest BCUT2D eigenvalue weighted by atomic mass is 10.2. The zero-order valence-electron chi connectivity index (χ0n) is 12.2. The molecule has 0 aromatic heterocycles. The smallest absolute Gasteiger partial charge is 0.283 e. The van der Waals surface area contributed by atoms with E-state index >= 15 is 0 Å². The number of hydrogen-bond donors (Lipinski definition) is 2. The van der Waals surface area contributed by atoms with E-state index in [1.165, 1.54) is 24.0 Å². The van der Waals surface area contributed by atoms with Gasteiger partial charge in [-0.3, -0.25) is 15.5 Å². The average Bonchev–Trinajstić information content (AvgIpc) is 2.50. The van der Waals surface area contributed by atoms with E-state index in [4.69, 9.17) is 5.73 Å². The third-order valence-corrected chi connectivity index (χ3v) is 3.98. The van der Waals surface area contributed by atoms with E-state index in [0.717, 1.165) is 10.5 Å². The summed E-state index contributed by atoms with van der Waals surface area (Å²) < 4.78 is 0. The standard InChI is InChI=1S/C15H14N4O2S2/c1-10-2-5-12(6-3-10)23-14-7-4-11(8-13(14)19(20)21)9-17-18-15(16)22/h2-9H,1H3,(H3,16,18,22)/b17-9-. The molecule has 0 saturated carbocycles. The number of aryl methyl sites for hydroxylation is 1. The maximum Gasteiger partial charge on any atom is 0.283 e. The number of nitro groups is 1. The fourth-order valence-electron chi connectivity index (χ4n) is 1.75. The molecule has 2 aromatic rings. The molecule has 0 fully saturated rings. The van der Waals surface area contributed by atoms with Crippen LogP contribution in [0.5, 0.6) is 0 Å². The van der Waals surface area contributed by atoms with Crippen molar-refractivity contribution < 1.29 is 4.92 Å². The molecule has 2 aromatic carbocycles. The van der Waals surface area contributed by atoms with Crippen molar-refractivity contribution in [2.75, 3.05) is 0 Å². The van der Waals surface area contributed by atoms with Crippen molar-refractivity contribution in [2.24, 2.45) is 10.8 Å². The summed E-state index contributed by atoms with van der Waals surface area (Å²) >= 11 is 5.97. The summed E-state index contributed by atoms with van der Waals surface area (Å²) in [6.07, 6.45) is 1.42. The predicted octanol–water partition coefficient (Wildman–Crippen LogP) is 3.22. The summed E-state index contributed by atoms with van der Waals surface area (Å²) in [4.78, 5) is 12.4. The summed E-state index contributed by atoms with van der Waals surface area (Å²) in [7, 11) is 0. The van der Waals surface area contributed by atoms with Crippen LogP contribution in [0.4, 0.5) is 5.69 Å². The maximum atomic E-state index is 11.3. The van der Waals surface area contributed by atoms with Crippen LogP contribution in [0.3, 0.4) is 0 Å². The van der Waals surface area contributed by atoms with Crippen molar-refractivity contribution in [1.29, 1.82) is 0 Å². The Hall–Kier alpha value is -2.45. The Morgan fingerprint density at radius 1 is 1.35 bits per heavy atom. The highest BCUT2D eigenvalue weighted by Crippen LogP contribution is 2.35. The van der Waals surface area contributed by atoms with Gasteiger partial charge in [0.25, 0.3) is 5.69 Å². The zero-order chi connectivity index (χ0) is 16.8. The molecule has 8 heteroatoms. The lowest BCUT2D eigenvalue weighted by molar-refractivity contribution is -0.387. The van der Waals surface area contributed by atoms with Gasteiger partial charge in [0.15, 0.2) is 5.11 Å². The molecule has 0 unspecified atom stereocenters. The summed E-state index contributed by atoms with van der Waals surface area (Å²) in [5, 5.41) is 15.1. The molecule has 0 spiro atoms. The molecule has 0 aliphatic rings. The van der Waals surface area contributed by atoms with E-state index in [1.54, 1.807) is 12.1 Å². The molecular formula is C15H14N4O2S2. The Kier molecular flexibility index (Phi) is 5.67. The third kappa shape index (κ3) is 5.04. The SMILES string of the molecule is Cc1ccc(Sc2ccc(/C=N\NC(N)=S)cc2[N+](=O)[O-])cc1. The molecule has 0 radical (unpaired) electrons. The third-order valence-electron chi connectivity index (χ3n) is 2.82. The highest BCUT2D eigenvalue weighted by molar-refractivity contribution is 7.99. The van der Waals surface area contributed by atoms with Crippen molar-refractivity contribution >= 4 is 41.0 Å². The van der Waals surface area contributed by atoms with Crippen molar-refractivity contribution in [2.45, 2.75) is 16.7 Å². The number of nitrogens with one attached hydrogen (secondary N) is 1. The number of nitrogens with two attached hydrogens (primary N) is 1. The second-order valence-corrected chi connectivity index (χ2v) is 6.19. The predicted molar refractivity (Wildman–Crippen MR) is 95.9 cm³/mol. The maximum absolute atomic E-state index is 11.3. The fraction of sp³-hybridized carbons (Fsp3) is 0.0667. The molecule has 118 valence electrons. The van der Waals surface area contributed by atoms with Gasteiger partial charge in [0, 0.05) is 16.5 Å². The number of rotatable bonds is 5. The van der Waals surface area contributed by atoms with Gasteiger partial charge in [0.05, 0.1) is 16.0 Å². The summed E-state index contributed by atoms with van der Waals surface area (Å²) in [5.41, 5.74) is 9.40. The molecular weight excluding hydrogens is 332 g/mol. The van der Waals surface area contributed by atoms with Gasteiger partial charge < -0.3 is 5.73 Å². The van der Waals surface area contributed by atoms with Crippen molar-refractivity contribution in [3.05, 3.63) is 63.7 Å². The molecule has 0 aliphatic heterocycles. The molecule has 0 amide bonds. The van der Waals surface area contributed by atoms with Crippen LogP contribution in [0.25, 0.3) is 0 Å². The van der Waals surface area contributed by atoms with E-state index in [0.29, 0.717) is 10.5 Å². The second kappa shape index (κ2) is 7.70. The monoisotopic (exact) mass is 346 g/mol. The normalized spacial score (nSPS) is 10.7. The highest BCUT2D eigenvalue weighted by atomic mass is 32.2. The number of nitrogens with zero attached hydrogens (tertiary/aromatic N) is 2. The summed E-state index contributed by atoms with van der Waals surface area (Å²) in [6.45, 7) is 1.99. The van der Waals surface area contributed by atoms with Crippen molar-refractivity contribution in [1.82, 2.24) is 5.43 Å². The van der Waals surface area contributed by atoms with Crippen LogP contribution in [0.1, 0.15) is 11.1 Å². The van der Waals surface area contributed by atoms with Crippen LogP contribution in [-0.4, -0.2) is 16.3 Å². The highest BCUT2D eigenvalue weighted by Gasteiger charge is 2.15. The minimum absolute atomic E-state index is 0.0230. The summed E-state index contributed by atoms with van der Waals surface area (Å²) in [6, 6.07) is 12.7. The van der Waals surface area contributed by atoms with E-state index in [1.807, 2.05) is 31.2 Å². The minimum atomic E-state index is -0.408. The molecule has 2 rings (SSSR count). The van der Waals surface area contributed by atoms with Gasteiger partial charge >= 0.3 is 0 Å². The number of hydrogen-bond acceptors (Lipinski definition) is 5. The number of hydrazone groups is 1. The number of benzene rings is 2. The lowest BCUT2D eigenvalue weighted by Gasteiger charge is -2.04. The van der Waals surface area contributed by atoms with Crippen molar-refractivity contribution in [3.8, 4) is 0 Å². The Morgan fingerprint density at radius 3 is 2.65 bits per heavy atom. The number of thiocarbonyl (C=S) groups is 1. The molecule has 0 bridgehead atoms. The molecule has 0 heterocycles. The number of nitro benzene ring substituents is 1. The molecule has 0 aliphatic carbocycles. The van der Waals surface area contributed by atoms with E-state index in [9.17, 15) is 10.1 Å². The van der Waals surface area contributed by atoms with E-state index in [2.05, 4.69) is 22.7 Å². The largest absolute Gasteiger partial charge is 0.375 e. The van der Waals surface area contributed by atoms with Crippen molar-refractivity contribution in [3.63, 3.8) is 0 Å². The zero-order valence-corrected chi connectivity index (χ0v) is 13.9. The Labute approximate surface area is 142 Å². The lowest BCUT2D eigenvalue weighted by Crippen LogP contribution is -2.23. The van der Waals surface area contributed by atoms with Crippen LogP contribution < -0.4 is 11.2 Å². The molecule has 3 N–H and O–H groups in total. The molecule has 6 nitrogen and oxygen atoms in total. The summed E-state index contributed by atoms with van der Waals surface area (Å²) in [5.74, 6) is 0. The van der Waals surface area contributed by atoms with Crippen LogP contribution in [0, 0.1) is 17.0 Å².